The maximum Gasteiger partial charge on any atom is 0.0471 e. The number of anilines is 1. The molecule has 112 valence electrons. The van der Waals surface area contributed by atoms with Gasteiger partial charge in [-0.05, 0) is 31.5 Å². The SMILES string of the molecule is CC(C)CNCc1c(Cl)cccc1N1CCSCC1C. The van der Waals surface area contributed by atoms with Crippen LogP contribution in [0.1, 0.15) is 26.3 Å². The predicted octanol–water partition coefficient (Wildman–Crippen LogP) is 4.03. The molecular weight excluding hydrogens is 288 g/mol. The molecule has 0 saturated carbocycles. The summed E-state index contributed by atoms with van der Waals surface area (Å²) in [6.07, 6.45) is 0. The minimum Gasteiger partial charge on any atom is -0.367 e. The molecule has 2 rings (SSSR count). The highest BCUT2D eigenvalue weighted by Crippen LogP contribution is 2.31. The molecular formula is C16H25ClN2S. The molecule has 0 aliphatic carbocycles. The van der Waals surface area contributed by atoms with Crippen LogP contribution in [0, 0.1) is 5.92 Å². The third kappa shape index (κ3) is 4.06. The molecule has 1 aliphatic heterocycles. The highest BCUT2D eigenvalue weighted by atomic mass is 35.5. The smallest absolute Gasteiger partial charge is 0.0471 e. The Bertz CT molecular complexity index is 436. The topological polar surface area (TPSA) is 15.3 Å². The van der Waals surface area contributed by atoms with E-state index in [1.165, 1.54) is 22.8 Å². The number of hydrogen-bond donors (Lipinski definition) is 1. The van der Waals surface area contributed by atoms with Crippen molar-refractivity contribution in [2.45, 2.75) is 33.4 Å². The van der Waals surface area contributed by atoms with Gasteiger partial charge in [0.1, 0.15) is 0 Å². The standard InChI is InChI=1S/C16H25ClN2S/c1-12(2)9-18-10-14-15(17)5-4-6-16(14)19-7-8-20-11-13(19)3/h4-6,12-13,18H,7-11H2,1-3H3. The zero-order chi connectivity index (χ0) is 14.5. The van der Waals surface area contributed by atoms with Gasteiger partial charge < -0.3 is 10.2 Å². The summed E-state index contributed by atoms with van der Waals surface area (Å²) < 4.78 is 0. The van der Waals surface area contributed by atoms with E-state index >= 15 is 0 Å². The molecule has 1 N–H and O–H groups in total. The maximum absolute atomic E-state index is 6.44. The van der Waals surface area contributed by atoms with Crippen molar-refractivity contribution >= 4 is 29.1 Å². The van der Waals surface area contributed by atoms with Crippen molar-refractivity contribution in [3.8, 4) is 0 Å². The number of nitrogens with zero attached hydrogens (tertiary/aromatic N) is 1. The molecule has 0 radical (unpaired) electrons. The Labute approximate surface area is 132 Å². The monoisotopic (exact) mass is 312 g/mol. The zero-order valence-electron chi connectivity index (χ0n) is 12.7. The lowest BCUT2D eigenvalue weighted by Crippen LogP contribution is -2.41. The first-order valence-electron chi connectivity index (χ1n) is 7.42. The van der Waals surface area contributed by atoms with Crippen LogP contribution >= 0.6 is 23.4 Å². The number of rotatable bonds is 5. The summed E-state index contributed by atoms with van der Waals surface area (Å²) in [5.74, 6) is 3.06. The van der Waals surface area contributed by atoms with Crippen LogP contribution in [-0.4, -0.2) is 30.6 Å². The van der Waals surface area contributed by atoms with E-state index in [9.17, 15) is 0 Å². The molecule has 20 heavy (non-hydrogen) atoms. The molecule has 1 aromatic rings. The van der Waals surface area contributed by atoms with Gasteiger partial charge >= 0.3 is 0 Å². The Morgan fingerprint density at radius 2 is 2.25 bits per heavy atom. The molecule has 0 spiro atoms. The second-order valence-electron chi connectivity index (χ2n) is 5.88. The summed E-state index contributed by atoms with van der Waals surface area (Å²) in [7, 11) is 0. The maximum atomic E-state index is 6.44. The van der Waals surface area contributed by atoms with Gasteiger partial charge in [-0.25, -0.2) is 0 Å². The molecule has 0 bridgehead atoms. The Balaban J connectivity index is 2.16. The van der Waals surface area contributed by atoms with Gasteiger partial charge in [-0.1, -0.05) is 31.5 Å². The number of thioether (sulfide) groups is 1. The van der Waals surface area contributed by atoms with Gasteiger partial charge in [0.15, 0.2) is 0 Å². The molecule has 0 amide bonds. The molecule has 1 heterocycles. The Kier molecular flexibility index (Phi) is 6.06. The van der Waals surface area contributed by atoms with Crippen LogP contribution in [0.3, 0.4) is 0 Å². The van der Waals surface area contributed by atoms with Gasteiger partial charge in [0.05, 0.1) is 0 Å². The van der Waals surface area contributed by atoms with E-state index in [0.717, 1.165) is 24.7 Å². The Morgan fingerprint density at radius 1 is 1.45 bits per heavy atom. The van der Waals surface area contributed by atoms with Crippen LogP contribution in [0.2, 0.25) is 5.02 Å². The predicted molar refractivity (Wildman–Crippen MR) is 92.1 cm³/mol. The third-order valence-corrected chi connectivity index (χ3v) is 5.17. The summed E-state index contributed by atoms with van der Waals surface area (Å²) in [6, 6.07) is 6.86. The van der Waals surface area contributed by atoms with Crippen molar-refractivity contribution in [2.75, 3.05) is 29.5 Å². The van der Waals surface area contributed by atoms with E-state index < -0.39 is 0 Å². The van der Waals surface area contributed by atoms with Gasteiger partial charge in [-0.3, -0.25) is 0 Å². The van der Waals surface area contributed by atoms with Crippen molar-refractivity contribution in [3.63, 3.8) is 0 Å². The van der Waals surface area contributed by atoms with Gasteiger partial charge in [-0.2, -0.15) is 11.8 Å². The first kappa shape index (κ1) is 16.0. The first-order valence-corrected chi connectivity index (χ1v) is 8.95. The lowest BCUT2D eigenvalue weighted by Gasteiger charge is -2.36. The molecule has 1 saturated heterocycles. The number of hydrogen-bond acceptors (Lipinski definition) is 3. The number of halogens is 1. The second kappa shape index (κ2) is 7.58. The second-order valence-corrected chi connectivity index (χ2v) is 7.44. The highest BCUT2D eigenvalue weighted by molar-refractivity contribution is 7.99. The fourth-order valence-corrected chi connectivity index (χ4v) is 3.81. The first-order chi connectivity index (χ1) is 9.59. The van der Waals surface area contributed by atoms with E-state index in [0.29, 0.717) is 12.0 Å². The normalized spacial score (nSPS) is 19.6. The lowest BCUT2D eigenvalue weighted by atomic mass is 10.1. The fraction of sp³-hybridized carbons (Fsp3) is 0.625. The van der Waals surface area contributed by atoms with Crippen LogP contribution < -0.4 is 10.2 Å². The minimum absolute atomic E-state index is 0.580. The van der Waals surface area contributed by atoms with E-state index in [2.05, 4.69) is 43.1 Å². The lowest BCUT2D eigenvalue weighted by molar-refractivity contribution is 0.551. The van der Waals surface area contributed by atoms with E-state index in [1.54, 1.807) is 0 Å². The summed E-state index contributed by atoms with van der Waals surface area (Å²) in [4.78, 5) is 2.51. The van der Waals surface area contributed by atoms with Crippen molar-refractivity contribution in [1.82, 2.24) is 5.32 Å². The average molecular weight is 313 g/mol. The molecule has 1 unspecified atom stereocenters. The van der Waals surface area contributed by atoms with Crippen molar-refractivity contribution in [1.29, 1.82) is 0 Å². The van der Waals surface area contributed by atoms with Crippen LogP contribution in [0.4, 0.5) is 5.69 Å². The molecule has 1 aliphatic rings. The molecule has 1 aromatic carbocycles. The van der Waals surface area contributed by atoms with Crippen LogP contribution in [0.15, 0.2) is 18.2 Å². The quantitative estimate of drug-likeness (QED) is 0.884. The van der Waals surface area contributed by atoms with E-state index in [1.807, 2.05) is 17.8 Å². The highest BCUT2D eigenvalue weighted by Gasteiger charge is 2.22. The Hall–Kier alpha value is -0.380. The van der Waals surface area contributed by atoms with Crippen LogP contribution in [0.25, 0.3) is 0 Å². The largest absolute Gasteiger partial charge is 0.367 e. The molecule has 2 nitrogen and oxygen atoms in total. The molecule has 4 heteroatoms. The van der Waals surface area contributed by atoms with Crippen molar-refractivity contribution < 1.29 is 0 Å². The van der Waals surface area contributed by atoms with Gasteiger partial charge in [0.2, 0.25) is 0 Å². The van der Waals surface area contributed by atoms with Crippen molar-refractivity contribution in [2.24, 2.45) is 5.92 Å². The number of benzene rings is 1. The van der Waals surface area contributed by atoms with Gasteiger partial charge in [0, 0.05) is 46.9 Å². The van der Waals surface area contributed by atoms with Gasteiger partial charge in [0.25, 0.3) is 0 Å². The van der Waals surface area contributed by atoms with E-state index in [4.69, 9.17) is 11.6 Å². The minimum atomic E-state index is 0.580. The van der Waals surface area contributed by atoms with E-state index in [-0.39, 0.29) is 0 Å². The molecule has 0 aromatic heterocycles. The van der Waals surface area contributed by atoms with Crippen molar-refractivity contribution in [3.05, 3.63) is 28.8 Å². The van der Waals surface area contributed by atoms with Crippen LogP contribution in [-0.2, 0) is 6.54 Å². The summed E-state index contributed by atoms with van der Waals surface area (Å²) in [5, 5.41) is 4.40. The Morgan fingerprint density at radius 3 is 2.95 bits per heavy atom. The molecule has 1 fully saturated rings. The average Bonchev–Trinajstić information content (AvgIpc) is 2.41. The van der Waals surface area contributed by atoms with Crippen LogP contribution in [0.5, 0.6) is 0 Å². The summed E-state index contributed by atoms with van der Waals surface area (Å²) in [6.45, 7) is 9.75. The summed E-state index contributed by atoms with van der Waals surface area (Å²) >= 11 is 8.48. The van der Waals surface area contributed by atoms with Gasteiger partial charge in [-0.15, -0.1) is 0 Å². The summed E-state index contributed by atoms with van der Waals surface area (Å²) in [5.41, 5.74) is 2.55. The number of nitrogens with one attached hydrogen (secondary N) is 1. The zero-order valence-corrected chi connectivity index (χ0v) is 14.2. The third-order valence-electron chi connectivity index (χ3n) is 3.63. The molecule has 1 atom stereocenters. The fourth-order valence-electron chi connectivity index (χ4n) is 2.56.